The second-order valence-corrected chi connectivity index (χ2v) is 4.60. The third-order valence-electron chi connectivity index (χ3n) is 3.08. The van der Waals surface area contributed by atoms with E-state index < -0.39 is 0 Å². The summed E-state index contributed by atoms with van der Waals surface area (Å²) < 4.78 is 0. The molecule has 2 rings (SSSR count). The van der Waals surface area contributed by atoms with Crippen molar-refractivity contribution in [2.24, 2.45) is 0 Å². The van der Waals surface area contributed by atoms with E-state index >= 15 is 0 Å². The molecule has 0 aromatic heterocycles. The molecular weight excluding hydrogens is 200 g/mol. The highest BCUT2D eigenvalue weighted by atomic mass is 16.3. The molecule has 1 aromatic rings. The van der Waals surface area contributed by atoms with Crippen LogP contribution in [0.25, 0.3) is 0 Å². The fraction of sp³-hybridized carbons (Fsp3) is 0.538. The minimum atomic E-state index is 0.147. The van der Waals surface area contributed by atoms with Gasteiger partial charge in [0, 0.05) is 18.3 Å². The van der Waals surface area contributed by atoms with Crippen LogP contribution in [0.5, 0.6) is 0 Å². The zero-order chi connectivity index (χ0) is 11.5. The van der Waals surface area contributed by atoms with Gasteiger partial charge in [-0.1, -0.05) is 12.1 Å². The van der Waals surface area contributed by atoms with Gasteiger partial charge in [-0.2, -0.15) is 0 Å². The summed E-state index contributed by atoms with van der Waals surface area (Å²) in [5.41, 5.74) is 3.67. The van der Waals surface area contributed by atoms with E-state index in [4.69, 9.17) is 0 Å². The Bertz CT molecular complexity index is 363. The van der Waals surface area contributed by atoms with Crippen molar-refractivity contribution in [1.82, 2.24) is 5.32 Å². The Kier molecular flexibility index (Phi) is 3.46. The van der Waals surface area contributed by atoms with Gasteiger partial charge in [-0.3, -0.25) is 5.32 Å². The number of nitrogens with zero attached hydrogens (tertiary/aromatic N) is 1. The van der Waals surface area contributed by atoms with Gasteiger partial charge in [0.25, 0.3) is 0 Å². The smallest absolute Gasteiger partial charge is 0.0685 e. The Morgan fingerprint density at radius 3 is 2.94 bits per heavy atom. The van der Waals surface area contributed by atoms with Crippen molar-refractivity contribution in [3.05, 3.63) is 29.3 Å². The highest BCUT2D eigenvalue weighted by Crippen LogP contribution is 2.30. The van der Waals surface area contributed by atoms with Crippen LogP contribution < -0.4 is 10.2 Å². The zero-order valence-electron chi connectivity index (χ0n) is 10.0. The lowest BCUT2D eigenvalue weighted by Crippen LogP contribution is -2.36. The number of hydrogen-bond acceptors (Lipinski definition) is 3. The Balaban J connectivity index is 2.13. The summed E-state index contributed by atoms with van der Waals surface area (Å²) in [6.45, 7) is 6.39. The quantitative estimate of drug-likeness (QED) is 0.807. The fourth-order valence-electron chi connectivity index (χ4n) is 2.18. The van der Waals surface area contributed by atoms with Gasteiger partial charge in [-0.25, -0.2) is 0 Å². The monoisotopic (exact) mass is 220 g/mol. The third-order valence-corrected chi connectivity index (χ3v) is 3.08. The van der Waals surface area contributed by atoms with Gasteiger partial charge in [0.05, 0.1) is 13.3 Å². The first-order chi connectivity index (χ1) is 7.72. The van der Waals surface area contributed by atoms with Gasteiger partial charge < -0.3 is 10.0 Å². The van der Waals surface area contributed by atoms with Crippen molar-refractivity contribution in [3.8, 4) is 0 Å². The lowest BCUT2D eigenvalue weighted by atomic mass is 10.1. The fourth-order valence-corrected chi connectivity index (χ4v) is 2.18. The first-order valence-electron chi connectivity index (χ1n) is 5.92. The molecule has 88 valence electrons. The van der Waals surface area contributed by atoms with Crippen LogP contribution in [0, 0.1) is 0 Å². The first kappa shape index (κ1) is 11.4. The predicted octanol–water partition coefficient (Wildman–Crippen LogP) is 1.50. The molecule has 3 heteroatoms. The van der Waals surface area contributed by atoms with Gasteiger partial charge >= 0.3 is 0 Å². The SMILES string of the molecule is CC(C)NCN1CCc2c(CO)cccc21. The van der Waals surface area contributed by atoms with Crippen molar-refractivity contribution >= 4 is 5.69 Å². The van der Waals surface area contributed by atoms with E-state index in [9.17, 15) is 5.11 Å². The maximum absolute atomic E-state index is 9.27. The minimum absolute atomic E-state index is 0.147. The topological polar surface area (TPSA) is 35.5 Å². The van der Waals surface area contributed by atoms with Crippen LogP contribution in [-0.2, 0) is 13.0 Å². The van der Waals surface area contributed by atoms with Crippen LogP contribution in [0.4, 0.5) is 5.69 Å². The van der Waals surface area contributed by atoms with E-state index in [2.05, 4.69) is 30.1 Å². The van der Waals surface area contributed by atoms with Crippen LogP contribution in [0.1, 0.15) is 25.0 Å². The van der Waals surface area contributed by atoms with Crippen LogP contribution >= 0.6 is 0 Å². The number of nitrogens with one attached hydrogen (secondary N) is 1. The molecule has 1 aromatic carbocycles. The number of anilines is 1. The molecule has 0 radical (unpaired) electrons. The molecule has 1 aliphatic heterocycles. The summed E-state index contributed by atoms with van der Waals surface area (Å²) in [6.07, 6.45) is 1.05. The van der Waals surface area contributed by atoms with E-state index in [1.807, 2.05) is 12.1 Å². The lowest BCUT2D eigenvalue weighted by Gasteiger charge is -2.21. The maximum atomic E-state index is 9.27. The van der Waals surface area contributed by atoms with Crippen molar-refractivity contribution < 1.29 is 5.11 Å². The Labute approximate surface area is 97.1 Å². The van der Waals surface area contributed by atoms with Crippen molar-refractivity contribution in [1.29, 1.82) is 0 Å². The van der Waals surface area contributed by atoms with Gasteiger partial charge in [0.1, 0.15) is 0 Å². The van der Waals surface area contributed by atoms with Crippen LogP contribution in [0.3, 0.4) is 0 Å². The molecule has 0 aliphatic carbocycles. The molecule has 0 unspecified atom stereocenters. The summed E-state index contributed by atoms with van der Waals surface area (Å²) in [6, 6.07) is 6.69. The third kappa shape index (κ3) is 2.20. The average molecular weight is 220 g/mol. The van der Waals surface area contributed by atoms with Crippen molar-refractivity contribution in [3.63, 3.8) is 0 Å². The normalized spacial score (nSPS) is 14.6. The summed E-state index contributed by atoms with van der Waals surface area (Å²) in [4.78, 5) is 2.34. The highest BCUT2D eigenvalue weighted by molar-refractivity contribution is 5.60. The Morgan fingerprint density at radius 2 is 2.25 bits per heavy atom. The second kappa shape index (κ2) is 4.85. The molecule has 1 aliphatic rings. The maximum Gasteiger partial charge on any atom is 0.0685 e. The van der Waals surface area contributed by atoms with E-state index in [0.717, 1.165) is 25.2 Å². The van der Waals surface area contributed by atoms with Crippen LogP contribution in [-0.4, -0.2) is 24.4 Å². The zero-order valence-corrected chi connectivity index (χ0v) is 10.0. The number of benzene rings is 1. The Hall–Kier alpha value is -1.06. The van der Waals surface area contributed by atoms with Crippen molar-refractivity contribution in [2.75, 3.05) is 18.1 Å². The lowest BCUT2D eigenvalue weighted by molar-refractivity contribution is 0.281. The average Bonchev–Trinajstić information content (AvgIpc) is 2.69. The molecule has 16 heavy (non-hydrogen) atoms. The molecule has 0 amide bonds. The Morgan fingerprint density at radius 1 is 1.44 bits per heavy atom. The molecule has 3 nitrogen and oxygen atoms in total. The number of aliphatic hydroxyl groups is 1. The standard InChI is InChI=1S/C13H20N2O/c1-10(2)14-9-15-7-6-12-11(8-16)4-3-5-13(12)15/h3-5,10,14,16H,6-9H2,1-2H3. The molecule has 2 N–H and O–H groups in total. The molecule has 0 atom stereocenters. The van der Waals surface area contributed by atoms with E-state index in [-0.39, 0.29) is 6.61 Å². The molecular formula is C13H20N2O. The van der Waals surface area contributed by atoms with E-state index in [1.54, 1.807) is 0 Å². The minimum Gasteiger partial charge on any atom is -0.392 e. The number of aliphatic hydroxyl groups excluding tert-OH is 1. The molecule has 0 bridgehead atoms. The molecule has 0 saturated carbocycles. The highest BCUT2D eigenvalue weighted by Gasteiger charge is 2.20. The summed E-state index contributed by atoms with van der Waals surface area (Å²) in [5, 5.41) is 12.7. The number of rotatable bonds is 4. The van der Waals surface area contributed by atoms with Gasteiger partial charge in [0.15, 0.2) is 0 Å². The van der Waals surface area contributed by atoms with E-state index in [0.29, 0.717) is 6.04 Å². The van der Waals surface area contributed by atoms with Crippen LogP contribution in [0.15, 0.2) is 18.2 Å². The summed E-state index contributed by atoms with van der Waals surface area (Å²) in [5.74, 6) is 0. The number of fused-ring (bicyclic) bond motifs is 1. The van der Waals surface area contributed by atoms with Crippen molar-refractivity contribution in [2.45, 2.75) is 32.9 Å². The van der Waals surface area contributed by atoms with Crippen LogP contribution in [0.2, 0.25) is 0 Å². The predicted molar refractivity (Wildman–Crippen MR) is 66.6 cm³/mol. The van der Waals surface area contributed by atoms with Gasteiger partial charge in [-0.05, 0) is 37.5 Å². The molecule has 0 spiro atoms. The van der Waals surface area contributed by atoms with E-state index in [1.165, 1.54) is 11.3 Å². The van der Waals surface area contributed by atoms with Gasteiger partial charge in [0.2, 0.25) is 0 Å². The molecule has 0 fully saturated rings. The largest absolute Gasteiger partial charge is 0.392 e. The molecule has 1 heterocycles. The second-order valence-electron chi connectivity index (χ2n) is 4.60. The van der Waals surface area contributed by atoms with Gasteiger partial charge in [-0.15, -0.1) is 0 Å². The molecule has 0 saturated heterocycles. The summed E-state index contributed by atoms with van der Waals surface area (Å²) >= 11 is 0. The summed E-state index contributed by atoms with van der Waals surface area (Å²) in [7, 11) is 0. The number of hydrogen-bond donors (Lipinski definition) is 2. The first-order valence-corrected chi connectivity index (χ1v) is 5.92.